The van der Waals surface area contributed by atoms with Crippen LogP contribution in [0, 0.1) is 0 Å². The first-order valence-electron chi connectivity index (χ1n) is 16.9. The Balaban J connectivity index is 1.26. The molecule has 2 aliphatic rings. The maximum Gasteiger partial charge on any atom is 0.138 e. The van der Waals surface area contributed by atoms with Crippen LogP contribution >= 0.6 is 0 Å². The van der Waals surface area contributed by atoms with Crippen molar-refractivity contribution in [1.29, 1.82) is 0 Å². The van der Waals surface area contributed by atoms with E-state index in [1.165, 1.54) is 44.5 Å². The summed E-state index contributed by atoms with van der Waals surface area (Å²) in [4.78, 5) is 17.1. The summed E-state index contributed by atoms with van der Waals surface area (Å²) in [7, 11) is 0. The zero-order valence-electron chi connectivity index (χ0n) is 28.1. The van der Waals surface area contributed by atoms with Gasteiger partial charge in [-0.05, 0) is 93.0 Å². The number of hydrogen-bond acceptors (Lipinski definition) is 4. The van der Waals surface area contributed by atoms with Crippen LogP contribution in [0.3, 0.4) is 0 Å². The summed E-state index contributed by atoms with van der Waals surface area (Å²) in [5, 5.41) is 0. The van der Waals surface area contributed by atoms with Crippen LogP contribution in [0.2, 0.25) is 0 Å². The fraction of sp³-hybridized carbons (Fsp3) is 0.133. The van der Waals surface area contributed by atoms with Crippen molar-refractivity contribution in [3.63, 3.8) is 0 Å². The van der Waals surface area contributed by atoms with Crippen molar-refractivity contribution in [2.45, 2.75) is 38.5 Å². The molecule has 0 spiro atoms. The lowest BCUT2D eigenvalue weighted by atomic mass is 9.81. The molecule has 0 N–H and O–H groups in total. The molecule has 0 amide bonds. The molecule has 236 valence electrons. The van der Waals surface area contributed by atoms with E-state index in [0.29, 0.717) is 0 Å². The predicted molar refractivity (Wildman–Crippen MR) is 201 cm³/mol. The van der Waals surface area contributed by atoms with Crippen molar-refractivity contribution in [2.24, 2.45) is 0 Å². The molecule has 4 nitrogen and oxygen atoms in total. The molecule has 3 aromatic heterocycles. The first kappa shape index (κ1) is 29.3. The van der Waals surface area contributed by atoms with Crippen molar-refractivity contribution in [3.05, 3.63) is 168 Å². The highest BCUT2D eigenvalue weighted by molar-refractivity contribution is 5.87. The van der Waals surface area contributed by atoms with Gasteiger partial charge in [-0.25, -0.2) is 15.0 Å². The van der Waals surface area contributed by atoms with E-state index in [1.807, 2.05) is 48.8 Å². The smallest absolute Gasteiger partial charge is 0.138 e. The van der Waals surface area contributed by atoms with E-state index in [1.54, 1.807) is 0 Å². The van der Waals surface area contributed by atoms with Gasteiger partial charge in [-0.3, -0.25) is 4.90 Å². The molecule has 0 bridgehead atoms. The molecule has 0 atom stereocenters. The molecule has 2 aliphatic carbocycles. The summed E-state index contributed by atoms with van der Waals surface area (Å²) in [6, 6.07) is 47.6. The lowest BCUT2D eigenvalue weighted by Crippen LogP contribution is -2.15. The average Bonchev–Trinajstić information content (AvgIpc) is 3.51. The van der Waals surface area contributed by atoms with Gasteiger partial charge in [0.25, 0.3) is 0 Å². The molecule has 4 aromatic carbocycles. The summed E-state index contributed by atoms with van der Waals surface area (Å²) >= 11 is 0. The Labute approximate surface area is 287 Å². The van der Waals surface area contributed by atoms with Gasteiger partial charge in [0, 0.05) is 34.4 Å². The minimum absolute atomic E-state index is 0.114. The standard InChI is InChI=1S/C45H36N4/c1-44(2)36-15-7-5-13-32(36)34-21-19-29(25-38(34)44)40-27-31(49(42-17-9-11-23-46-42)43-18-10-12-24-47-43)28-41(48-40)30-20-22-35-33-14-6-8-16-37(33)45(3,4)39(35)26-30/h5-28H,1-4H3. The molecular formula is C45H36N4. The Morgan fingerprint density at radius 2 is 0.857 bits per heavy atom. The Hall–Kier alpha value is -5.87. The highest BCUT2D eigenvalue weighted by Crippen LogP contribution is 2.51. The van der Waals surface area contributed by atoms with Gasteiger partial charge in [0.05, 0.1) is 17.1 Å². The lowest BCUT2D eigenvalue weighted by molar-refractivity contribution is 0.660. The molecule has 7 aromatic rings. The normalized spacial score (nSPS) is 14.4. The minimum atomic E-state index is -0.114. The van der Waals surface area contributed by atoms with Gasteiger partial charge >= 0.3 is 0 Å². The predicted octanol–water partition coefficient (Wildman–Crippen LogP) is 11.3. The largest absolute Gasteiger partial charge is 0.279 e. The Morgan fingerprint density at radius 3 is 1.31 bits per heavy atom. The number of benzene rings is 4. The zero-order chi connectivity index (χ0) is 33.3. The maximum atomic E-state index is 5.42. The Morgan fingerprint density at radius 1 is 0.429 bits per heavy atom. The van der Waals surface area contributed by atoms with Crippen molar-refractivity contribution < 1.29 is 0 Å². The average molecular weight is 633 g/mol. The number of fused-ring (bicyclic) bond motifs is 6. The fourth-order valence-corrected chi connectivity index (χ4v) is 8.02. The second kappa shape index (κ2) is 10.8. The zero-order valence-corrected chi connectivity index (χ0v) is 28.1. The molecule has 0 aliphatic heterocycles. The molecule has 0 fully saturated rings. The van der Waals surface area contributed by atoms with Gasteiger partial charge in [-0.15, -0.1) is 0 Å². The molecular weight excluding hydrogens is 597 g/mol. The number of rotatable bonds is 5. The number of aromatic nitrogens is 3. The second-order valence-electron chi connectivity index (χ2n) is 14.2. The van der Waals surface area contributed by atoms with Gasteiger partial charge in [-0.1, -0.05) is 113 Å². The quantitative estimate of drug-likeness (QED) is 0.189. The Kier molecular flexibility index (Phi) is 6.47. The van der Waals surface area contributed by atoms with E-state index in [4.69, 9.17) is 15.0 Å². The summed E-state index contributed by atoms with van der Waals surface area (Å²) in [6.07, 6.45) is 3.66. The number of nitrogens with zero attached hydrogens (tertiary/aromatic N) is 4. The minimum Gasteiger partial charge on any atom is -0.279 e. The van der Waals surface area contributed by atoms with Gasteiger partial charge in [-0.2, -0.15) is 0 Å². The van der Waals surface area contributed by atoms with E-state index in [2.05, 4.69) is 130 Å². The molecule has 3 heterocycles. The molecule has 0 saturated heterocycles. The first-order valence-corrected chi connectivity index (χ1v) is 16.9. The van der Waals surface area contributed by atoms with Crippen molar-refractivity contribution in [1.82, 2.24) is 15.0 Å². The van der Waals surface area contributed by atoms with E-state index in [0.717, 1.165) is 39.8 Å². The SMILES string of the molecule is CC1(C)c2ccccc2-c2ccc(-c3cc(N(c4ccccn4)c4ccccn4)cc(-c4ccc5c(c4)C(C)(C)c4ccccc4-5)n3)cc21. The van der Waals surface area contributed by atoms with Crippen LogP contribution in [-0.4, -0.2) is 15.0 Å². The van der Waals surface area contributed by atoms with Crippen LogP contribution in [-0.2, 0) is 10.8 Å². The van der Waals surface area contributed by atoms with E-state index in [-0.39, 0.29) is 10.8 Å². The van der Waals surface area contributed by atoms with Gasteiger partial charge < -0.3 is 0 Å². The van der Waals surface area contributed by atoms with E-state index >= 15 is 0 Å². The molecule has 0 saturated carbocycles. The van der Waals surface area contributed by atoms with Crippen LogP contribution < -0.4 is 4.90 Å². The van der Waals surface area contributed by atoms with Crippen LogP contribution in [0.15, 0.2) is 146 Å². The van der Waals surface area contributed by atoms with E-state index in [9.17, 15) is 0 Å². The van der Waals surface area contributed by atoms with Crippen LogP contribution in [0.25, 0.3) is 44.8 Å². The third-order valence-electron chi connectivity index (χ3n) is 10.6. The van der Waals surface area contributed by atoms with Crippen molar-refractivity contribution in [2.75, 3.05) is 4.90 Å². The van der Waals surface area contributed by atoms with Crippen LogP contribution in [0.5, 0.6) is 0 Å². The highest BCUT2D eigenvalue weighted by Gasteiger charge is 2.36. The molecule has 4 heteroatoms. The summed E-state index contributed by atoms with van der Waals surface area (Å²) in [5.74, 6) is 1.58. The molecule has 49 heavy (non-hydrogen) atoms. The third-order valence-corrected chi connectivity index (χ3v) is 10.6. The summed E-state index contributed by atoms with van der Waals surface area (Å²) in [5.41, 5.74) is 15.3. The number of anilines is 3. The van der Waals surface area contributed by atoms with Crippen LogP contribution in [0.4, 0.5) is 17.3 Å². The highest BCUT2D eigenvalue weighted by atomic mass is 15.2. The first-order chi connectivity index (χ1) is 23.8. The molecule has 0 unspecified atom stereocenters. The van der Waals surface area contributed by atoms with Crippen molar-refractivity contribution >= 4 is 17.3 Å². The number of pyridine rings is 3. The lowest BCUT2D eigenvalue weighted by Gasteiger charge is -2.25. The number of hydrogen-bond donors (Lipinski definition) is 0. The molecule has 9 rings (SSSR count). The Bertz CT molecular complexity index is 2230. The van der Waals surface area contributed by atoms with Crippen LogP contribution in [0.1, 0.15) is 49.9 Å². The van der Waals surface area contributed by atoms with Gasteiger partial charge in [0.1, 0.15) is 11.6 Å². The fourth-order valence-electron chi connectivity index (χ4n) is 8.02. The third kappa shape index (κ3) is 4.55. The van der Waals surface area contributed by atoms with E-state index < -0.39 is 0 Å². The summed E-state index contributed by atoms with van der Waals surface area (Å²) < 4.78 is 0. The van der Waals surface area contributed by atoms with Crippen molar-refractivity contribution in [3.8, 4) is 44.8 Å². The molecule has 0 radical (unpaired) electrons. The topological polar surface area (TPSA) is 41.9 Å². The van der Waals surface area contributed by atoms with Gasteiger partial charge in [0.2, 0.25) is 0 Å². The monoisotopic (exact) mass is 632 g/mol. The maximum absolute atomic E-state index is 5.42. The van der Waals surface area contributed by atoms with Gasteiger partial charge in [0.15, 0.2) is 0 Å². The summed E-state index contributed by atoms with van der Waals surface area (Å²) in [6.45, 7) is 9.30. The second-order valence-corrected chi connectivity index (χ2v) is 14.2.